The van der Waals surface area contributed by atoms with Crippen molar-refractivity contribution in [3.8, 4) is 5.88 Å². The van der Waals surface area contributed by atoms with Gasteiger partial charge in [-0.1, -0.05) is 25.8 Å². The molecule has 2 heterocycles. The zero-order valence-corrected chi connectivity index (χ0v) is 21.3. The summed E-state index contributed by atoms with van der Waals surface area (Å²) in [5.74, 6) is 0.0572. The van der Waals surface area contributed by atoms with E-state index in [1.165, 1.54) is 12.0 Å². The molecule has 0 spiro atoms. The number of carbonyl (C=O) groups excluding carboxylic acids is 2. The molecule has 1 aromatic heterocycles. The van der Waals surface area contributed by atoms with Crippen molar-refractivity contribution in [3.63, 3.8) is 0 Å². The Balaban J connectivity index is 1.59. The van der Waals surface area contributed by atoms with Gasteiger partial charge >= 0.3 is 6.03 Å². The molecule has 3 amide bonds. The molecular weight excluding hydrogens is 444 g/mol. The van der Waals surface area contributed by atoms with Crippen molar-refractivity contribution in [3.05, 3.63) is 29.5 Å². The molecule has 2 N–H and O–H groups in total. The number of hydrogen-bond acceptors (Lipinski definition) is 5. The van der Waals surface area contributed by atoms with Gasteiger partial charge in [-0.3, -0.25) is 4.79 Å². The van der Waals surface area contributed by atoms with Gasteiger partial charge in [0, 0.05) is 31.7 Å². The molecule has 0 saturated heterocycles. The second-order valence-electron chi connectivity index (χ2n) is 10.5. The number of likely N-dealkylation sites (N-methyl/N-ethyl adjacent to an activating group) is 1. The van der Waals surface area contributed by atoms with Crippen molar-refractivity contribution >= 4 is 17.5 Å². The summed E-state index contributed by atoms with van der Waals surface area (Å²) in [6.07, 6.45) is 12.4. The highest BCUT2D eigenvalue weighted by atomic mass is 16.5. The number of pyridine rings is 1. The molecule has 35 heavy (non-hydrogen) atoms. The summed E-state index contributed by atoms with van der Waals surface area (Å²) >= 11 is 0. The van der Waals surface area contributed by atoms with Crippen LogP contribution >= 0.6 is 0 Å². The van der Waals surface area contributed by atoms with Crippen molar-refractivity contribution in [2.45, 2.75) is 83.4 Å². The number of ether oxygens (including phenoxy) is 1. The number of rotatable bonds is 6. The summed E-state index contributed by atoms with van der Waals surface area (Å²) in [7, 11) is 1.78. The first kappa shape index (κ1) is 25.5. The maximum atomic E-state index is 13.6. The van der Waals surface area contributed by atoms with E-state index < -0.39 is 0 Å². The summed E-state index contributed by atoms with van der Waals surface area (Å²) in [6, 6.07) is 1.70. The van der Waals surface area contributed by atoms with Gasteiger partial charge in [-0.25, -0.2) is 9.78 Å². The lowest BCUT2D eigenvalue weighted by molar-refractivity contribution is 0.0351. The van der Waals surface area contributed by atoms with Gasteiger partial charge in [0.25, 0.3) is 5.91 Å². The number of carbonyl (C=O) groups is 2. The highest BCUT2D eigenvalue weighted by Gasteiger charge is 2.35. The lowest BCUT2D eigenvalue weighted by Crippen LogP contribution is -2.52. The average Bonchev–Trinajstić information content (AvgIpc) is 3.39. The van der Waals surface area contributed by atoms with Crippen LogP contribution in [0.2, 0.25) is 0 Å². The van der Waals surface area contributed by atoms with Crippen molar-refractivity contribution in [2.75, 3.05) is 26.7 Å². The summed E-state index contributed by atoms with van der Waals surface area (Å²) in [4.78, 5) is 34.4. The molecule has 2 aliphatic carbocycles. The molecule has 1 saturated carbocycles. The van der Waals surface area contributed by atoms with Crippen LogP contribution in [0.3, 0.4) is 0 Å². The van der Waals surface area contributed by atoms with E-state index >= 15 is 0 Å². The third-order valence-corrected chi connectivity index (χ3v) is 7.67. The number of allylic oxidation sites excluding steroid dienone is 2. The maximum Gasteiger partial charge on any atom is 0.317 e. The summed E-state index contributed by atoms with van der Waals surface area (Å²) < 4.78 is 6.35. The molecule has 0 unspecified atom stereocenters. The van der Waals surface area contributed by atoms with E-state index in [0.29, 0.717) is 24.5 Å². The van der Waals surface area contributed by atoms with Crippen LogP contribution < -0.4 is 10.1 Å². The van der Waals surface area contributed by atoms with Crippen molar-refractivity contribution in [1.82, 2.24) is 20.1 Å². The van der Waals surface area contributed by atoms with E-state index in [0.717, 1.165) is 50.5 Å². The predicted octanol–water partition coefficient (Wildman–Crippen LogP) is 3.84. The molecule has 8 heteroatoms. The number of aliphatic hydroxyl groups is 1. The molecule has 1 aromatic rings. The topological polar surface area (TPSA) is 95.0 Å². The smallest absolute Gasteiger partial charge is 0.317 e. The standard InChI is InChI=1S/C27H40N4O4/c1-18-15-31(19(2)17-32)26(33)23-13-21(20-9-5-4-6-10-20)14-28-25(23)35-24(18)16-30(3)27(34)29-22-11-7-8-12-22/h9,13-14,18-19,22,24,32H,4-8,10-12,15-17H2,1-3H3,(H,29,34)/t18-,19+,24+/m0/s1. The van der Waals surface area contributed by atoms with Crippen LogP contribution in [0.4, 0.5) is 4.79 Å². The first-order chi connectivity index (χ1) is 16.9. The second-order valence-corrected chi connectivity index (χ2v) is 10.5. The van der Waals surface area contributed by atoms with E-state index in [2.05, 4.69) is 16.4 Å². The summed E-state index contributed by atoms with van der Waals surface area (Å²) in [5.41, 5.74) is 2.59. The molecule has 4 rings (SSSR count). The van der Waals surface area contributed by atoms with Crippen LogP contribution in [0, 0.1) is 5.92 Å². The zero-order valence-electron chi connectivity index (χ0n) is 21.3. The fraction of sp³-hybridized carbons (Fsp3) is 0.667. The Bertz CT molecular complexity index is 943. The van der Waals surface area contributed by atoms with Crippen molar-refractivity contribution in [1.29, 1.82) is 0 Å². The highest BCUT2D eigenvalue weighted by molar-refractivity contribution is 5.97. The fourth-order valence-electron chi connectivity index (χ4n) is 5.30. The number of hydrogen-bond donors (Lipinski definition) is 2. The monoisotopic (exact) mass is 484 g/mol. The van der Waals surface area contributed by atoms with E-state index in [9.17, 15) is 14.7 Å². The lowest BCUT2D eigenvalue weighted by Gasteiger charge is -2.38. The minimum atomic E-state index is -0.346. The van der Waals surface area contributed by atoms with Crippen LogP contribution in [0.25, 0.3) is 5.57 Å². The van der Waals surface area contributed by atoms with E-state index in [4.69, 9.17) is 4.74 Å². The van der Waals surface area contributed by atoms with Crippen molar-refractivity contribution < 1.29 is 19.4 Å². The molecule has 0 aromatic carbocycles. The molecule has 192 valence electrons. The first-order valence-electron chi connectivity index (χ1n) is 13.2. The Labute approximate surface area is 208 Å². The lowest BCUT2D eigenvalue weighted by atomic mass is 9.93. The van der Waals surface area contributed by atoms with Gasteiger partial charge in [-0.05, 0) is 62.7 Å². The van der Waals surface area contributed by atoms with E-state index in [1.54, 1.807) is 23.0 Å². The molecule has 0 radical (unpaired) electrons. The maximum absolute atomic E-state index is 13.6. The first-order valence-corrected chi connectivity index (χ1v) is 13.2. The van der Waals surface area contributed by atoms with Crippen LogP contribution in [0.1, 0.15) is 81.1 Å². The largest absolute Gasteiger partial charge is 0.472 e. The Hall–Kier alpha value is -2.61. The third-order valence-electron chi connectivity index (χ3n) is 7.67. The van der Waals surface area contributed by atoms with Crippen LogP contribution in [-0.2, 0) is 0 Å². The average molecular weight is 485 g/mol. The fourth-order valence-corrected chi connectivity index (χ4v) is 5.30. The second kappa shape index (κ2) is 11.4. The molecular formula is C27H40N4O4. The quantitative estimate of drug-likeness (QED) is 0.640. The Morgan fingerprint density at radius 3 is 2.77 bits per heavy atom. The van der Waals surface area contributed by atoms with Gasteiger partial charge in [0.2, 0.25) is 5.88 Å². The van der Waals surface area contributed by atoms with E-state index in [1.807, 2.05) is 19.9 Å². The zero-order chi connectivity index (χ0) is 24.9. The molecule has 0 bridgehead atoms. The van der Waals surface area contributed by atoms with Gasteiger partial charge in [-0.2, -0.15) is 0 Å². The number of nitrogens with one attached hydrogen (secondary N) is 1. The Morgan fingerprint density at radius 1 is 1.31 bits per heavy atom. The predicted molar refractivity (Wildman–Crippen MR) is 135 cm³/mol. The van der Waals surface area contributed by atoms with Gasteiger partial charge < -0.3 is 25.0 Å². The number of aromatic nitrogens is 1. The molecule has 1 aliphatic heterocycles. The molecule has 3 aliphatic rings. The van der Waals surface area contributed by atoms with Gasteiger partial charge in [0.1, 0.15) is 11.7 Å². The van der Waals surface area contributed by atoms with Crippen LogP contribution in [0.5, 0.6) is 5.88 Å². The Morgan fingerprint density at radius 2 is 2.09 bits per heavy atom. The van der Waals surface area contributed by atoms with Crippen LogP contribution in [-0.4, -0.2) is 76.8 Å². The highest BCUT2D eigenvalue weighted by Crippen LogP contribution is 2.32. The number of amides is 3. The van der Waals surface area contributed by atoms with Crippen molar-refractivity contribution in [2.24, 2.45) is 5.92 Å². The van der Waals surface area contributed by atoms with Gasteiger partial charge in [-0.15, -0.1) is 0 Å². The summed E-state index contributed by atoms with van der Waals surface area (Å²) in [5, 5.41) is 13.0. The van der Waals surface area contributed by atoms with Crippen LogP contribution in [0.15, 0.2) is 18.3 Å². The Kier molecular flexibility index (Phi) is 8.31. The number of urea groups is 1. The minimum absolute atomic E-state index is 0.0645. The number of nitrogens with zero attached hydrogens (tertiary/aromatic N) is 3. The SMILES string of the molecule is C[C@H](CO)N1C[C@H](C)[C@@H](CN(C)C(=O)NC2CCCC2)Oc2ncc(C3=CCCCC3)cc2C1=O. The number of aliphatic hydroxyl groups excluding tert-OH is 1. The van der Waals surface area contributed by atoms with Gasteiger partial charge in [0.15, 0.2) is 0 Å². The van der Waals surface area contributed by atoms with E-state index in [-0.39, 0.29) is 42.7 Å². The third kappa shape index (κ3) is 5.97. The molecule has 1 fully saturated rings. The molecule has 3 atom stereocenters. The normalized spacial score (nSPS) is 24.1. The minimum Gasteiger partial charge on any atom is -0.472 e. The number of fused-ring (bicyclic) bond motifs is 1. The molecule has 8 nitrogen and oxygen atoms in total. The van der Waals surface area contributed by atoms with Gasteiger partial charge in [0.05, 0.1) is 19.2 Å². The summed E-state index contributed by atoms with van der Waals surface area (Å²) in [6.45, 7) is 4.55.